The molecule has 0 unspecified atom stereocenters. The molecular formula is C44H35N3. The van der Waals surface area contributed by atoms with Gasteiger partial charge >= 0.3 is 0 Å². The minimum absolute atomic E-state index is 0.0492. The smallest absolute Gasteiger partial charge is 0.154 e. The molecule has 0 bridgehead atoms. The number of aliphatic imine (C=N–C) groups is 1. The van der Waals surface area contributed by atoms with Crippen LogP contribution in [0.2, 0.25) is 0 Å². The molecule has 226 valence electrons. The first-order chi connectivity index (χ1) is 22.9. The molecule has 0 fully saturated rings. The molecule has 0 spiro atoms. The maximum atomic E-state index is 8.77. The van der Waals surface area contributed by atoms with E-state index in [1.807, 2.05) is 36.4 Å². The van der Waals surface area contributed by atoms with E-state index in [4.69, 9.17) is 11.1 Å². The van der Waals surface area contributed by atoms with Crippen molar-refractivity contribution < 1.29 is 0 Å². The summed E-state index contributed by atoms with van der Waals surface area (Å²) >= 11 is 0. The third-order valence-corrected chi connectivity index (χ3v) is 9.82. The van der Waals surface area contributed by atoms with E-state index in [1.54, 1.807) is 0 Å². The lowest BCUT2D eigenvalue weighted by Crippen LogP contribution is -2.18. The maximum Gasteiger partial charge on any atom is 0.154 e. The van der Waals surface area contributed by atoms with Gasteiger partial charge in [-0.1, -0.05) is 159 Å². The average molecular weight is 606 g/mol. The van der Waals surface area contributed by atoms with Gasteiger partial charge < -0.3 is 5.73 Å². The summed E-state index contributed by atoms with van der Waals surface area (Å²) in [4.78, 5) is 4.69. The molecule has 3 heteroatoms. The molecule has 2 aliphatic rings. The molecule has 0 aromatic heterocycles. The number of hydrogen-bond donors (Lipinski definition) is 2. The average Bonchev–Trinajstić information content (AvgIpc) is 3.25. The third-order valence-electron chi connectivity index (χ3n) is 9.82. The quantitative estimate of drug-likeness (QED) is 0.117. The molecule has 0 atom stereocenters. The van der Waals surface area contributed by atoms with Crippen LogP contribution in [0.25, 0.3) is 49.4 Å². The Balaban J connectivity index is 1.32. The van der Waals surface area contributed by atoms with Crippen molar-refractivity contribution >= 4 is 38.8 Å². The fraction of sp³-hybridized carbons (Fsp3) is 0.0909. The van der Waals surface area contributed by atoms with Gasteiger partial charge in [0.15, 0.2) is 5.84 Å². The van der Waals surface area contributed by atoms with Gasteiger partial charge in [-0.05, 0) is 66.9 Å². The number of benzene rings is 6. The van der Waals surface area contributed by atoms with E-state index in [2.05, 4.69) is 128 Å². The molecule has 47 heavy (non-hydrogen) atoms. The number of fused-ring (bicyclic) bond motifs is 5. The lowest BCUT2D eigenvalue weighted by atomic mass is 9.80. The minimum atomic E-state index is -0.0492. The Hall–Kier alpha value is -5.80. The lowest BCUT2D eigenvalue weighted by Gasteiger charge is -2.23. The fourth-order valence-electron chi connectivity index (χ4n) is 7.59. The minimum Gasteiger partial charge on any atom is -0.383 e. The van der Waals surface area contributed by atoms with Gasteiger partial charge in [-0.15, -0.1) is 0 Å². The first kappa shape index (κ1) is 28.7. The summed E-state index contributed by atoms with van der Waals surface area (Å²) < 4.78 is 0. The molecule has 0 heterocycles. The third kappa shape index (κ3) is 4.66. The van der Waals surface area contributed by atoms with Gasteiger partial charge in [-0.25, -0.2) is 4.99 Å². The second-order valence-electron chi connectivity index (χ2n) is 12.9. The van der Waals surface area contributed by atoms with Gasteiger partial charge in [-0.2, -0.15) is 0 Å². The zero-order valence-electron chi connectivity index (χ0n) is 26.6. The Bertz CT molecular complexity index is 2350. The summed E-state index contributed by atoms with van der Waals surface area (Å²) in [6, 6.07) is 42.1. The summed E-state index contributed by atoms with van der Waals surface area (Å²) in [7, 11) is 0. The van der Waals surface area contributed by atoms with Crippen LogP contribution < -0.4 is 5.73 Å². The van der Waals surface area contributed by atoms with Crippen LogP contribution in [0.15, 0.2) is 156 Å². The Morgan fingerprint density at radius 1 is 0.660 bits per heavy atom. The van der Waals surface area contributed by atoms with Gasteiger partial charge in [-0.3, -0.25) is 5.41 Å². The van der Waals surface area contributed by atoms with Gasteiger partial charge in [0, 0.05) is 22.1 Å². The molecule has 6 aromatic carbocycles. The van der Waals surface area contributed by atoms with Gasteiger partial charge in [0.2, 0.25) is 0 Å². The zero-order valence-corrected chi connectivity index (χ0v) is 26.6. The van der Waals surface area contributed by atoms with Crippen LogP contribution in [0.1, 0.15) is 42.5 Å². The summed E-state index contributed by atoms with van der Waals surface area (Å²) in [6.45, 7) is 4.68. The fourth-order valence-corrected chi connectivity index (χ4v) is 7.59. The SMILES string of the molecule is CC1(C)C2=C(CC=CC=C2)c2c(-c3ccc(-c4c(C(N)=NC(=N)c5ccccc5)c5ccccc5c5ccccc45)cc3)cccc21. The number of nitrogens with one attached hydrogen (secondary N) is 1. The summed E-state index contributed by atoms with van der Waals surface area (Å²) in [5, 5.41) is 13.2. The van der Waals surface area contributed by atoms with Crippen molar-refractivity contribution in [3.8, 4) is 22.3 Å². The van der Waals surface area contributed by atoms with Crippen molar-refractivity contribution in [2.45, 2.75) is 25.7 Å². The van der Waals surface area contributed by atoms with E-state index in [-0.39, 0.29) is 11.3 Å². The predicted octanol–water partition coefficient (Wildman–Crippen LogP) is 10.6. The standard InChI is InChI=1S/C44H35N3/c1-44(2)37-22-8-4-7-20-36(37)40-31(21-13-23-38(40)44)28-24-26-29(27-25-28)39-34-18-11-9-16-32(34)33-17-10-12-19-35(33)41(39)43(46)47-42(45)30-14-5-3-6-15-30/h3-19,21-27H,20H2,1-2H3,(H3,45,46,47). The van der Waals surface area contributed by atoms with Crippen LogP contribution in [-0.4, -0.2) is 11.7 Å². The number of nitrogens with zero attached hydrogens (tertiary/aromatic N) is 1. The molecule has 0 saturated heterocycles. The van der Waals surface area contributed by atoms with Crippen molar-refractivity contribution in [1.82, 2.24) is 0 Å². The normalized spacial score (nSPS) is 15.1. The summed E-state index contributed by atoms with van der Waals surface area (Å²) in [5.74, 6) is 0.469. The van der Waals surface area contributed by atoms with Crippen molar-refractivity contribution in [3.63, 3.8) is 0 Å². The Morgan fingerprint density at radius 2 is 1.30 bits per heavy atom. The molecule has 3 N–H and O–H groups in total. The Morgan fingerprint density at radius 3 is 2.04 bits per heavy atom. The van der Waals surface area contributed by atoms with Crippen molar-refractivity contribution in [3.05, 3.63) is 173 Å². The van der Waals surface area contributed by atoms with Crippen LogP contribution in [0, 0.1) is 5.41 Å². The number of amidine groups is 2. The molecule has 0 saturated carbocycles. The summed E-state index contributed by atoms with van der Waals surface area (Å²) in [5.41, 5.74) is 18.5. The molecule has 8 rings (SSSR count). The topological polar surface area (TPSA) is 62.2 Å². The second-order valence-corrected chi connectivity index (χ2v) is 12.9. The number of allylic oxidation sites excluding steroid dienone is 6. The predicted molar refractivity (Wildman–Crippen MR) is 199 cm³/mol. The van der Waals surface area contributed by atoms with Gasteiger partial charge in [0.25, 0.3) is 0 Å². The molecule has 2 aliphatic carbocycles. The zero-order chi connectivity index (χ0) is 32.1. The molecule has 3 nitrogen and oxygen atoms in total. The number of hydrogen-bond acceptors (Lipinski definition) is 1. The van der Waals surface area contributed by atoms with Crippen LogP contribution in [0.4, 0.5) is 0 Å². The van der Waals surface area contributed by atoms with E-state index in [1.165, 1.54) is 33.4 Å². The van der Waals surface area contributed by atoms with E-state index >= 15 is 0 Å². The highest BCUT2D eigenvalue weighted by atomic mass is 14.9. The van der Waals surface area contributed by atoms with E-state index in [0.717, 1.165) is 50.2 Å². The molecule has 0 amide bonds. The van der Waals surface area contributed by atoms with Crippen molar-refractivity contribution in [2.75, 3.05) is 0 Å². The van der Waals surface area contributed by atoms with Crippen molar-refractivity contribution in [2.24, 2.45) is 10.7 Å². The van der Waals surface area contributed by atoms with E-state index in [0.29, 0.717) is 5.84 Å². The monoisotopic (exact) mass is 605 g/mol. The Labute approximate surface area is 275 Å². The van der Waals surface area contributed by atoms with Crippen LogP contribution in [0.5, 0.6) is 0 Å². The highest BCUT2D eigenvalue weighted by Crippen LogP contribution is 2.52. The molecule has 6 aromatic rings. The van der Waals surface area contributed by atoms with Crippen molar-refractivity contribution in [1.29, 1.82) is 5.41 Å². The number of nitrogens with two attached hydrogens (primary N) is 1. The first-order valence-corrected chi connectivity index (χ1v) is 16.2. The van der Waals surface area contributed by atoms with E-state index < -0.39 is 0 Å². The largest absolute Gasteiger partial charge is 0.383 e. The van der Waals surface area contributed by atoms with Crippen LogP contribution in [0.3, 0.4) is 0 Å². The first-order valence-electron chi connectivity index (χ1n) is 16.2. The Kier molecular flexibility index (Phi) is 6.84. The van der Waals surface area contributed by atoms with Gasteiger partial charge in [0.05, 0.1) is 0 Å². The molecule has 0 aliphatic heterocycles. The lowest BCUT2D eigenvalue weighted by molar-refractivity contribution is 0.654. The molecule has 0 radical (unpaired) electrons. The number of rotatable bonds is 4. The van der Waals surface area contributed by atoms with Gasteiger partial charge in [0.1, 0.15) is 5.84 Å². The highest BCUT2D eigenvalue weighted by Gasteiger charge is 2.37. The molecular weight excluding hydrogens is 571 g/mol. The van der Waals surface area contributed by atoms with E-state index in [9.17, 15) is 0 Å². The van der Waals surface area contributed by atoms with Crippen LogP contribution in [-0.2, 0) is 5.41 Å². The summed E-state index contributed by atoms with van der Waals surface area (Å²) in [6.07, 6.45) is 9.82. The second kappa shape index (κ2) is 11.2. The highest BCUT2D eigenvalue weighted by molar-refractivity contribution is 6.26. The van der Waals surface area contributed by atoms with Crippen LogP contribution >= 0.6 is 0 Å². The maximum absolute atomic E-state index is 8.77.